The molecule has 1 atom stereocenters. The third-order valence-electron chi connectivity index (χ3n) is 2.53. The van der Waals surface area contributed by atoms with E-state index in [4.69, 9.17) is 0 Å². The smallest absolute Gasteiger partial charge is 0.269 e. The molecule has 0 amide bonds. The average molecular weight is 207 g/mol. The Hall–Kier alpha value is -1.62. The predicted octanol–water partition coefficient (Wildman–Crippen LogP) is 1.70. The maximum atomic E-state index is 10.5. The Morgan fingerprint density at radius 1 is 1.47 bits per heavy atom. The molecule has 1 N–H and O–H groups in total. The van der Waals surface area contributed by atoms with Crippen molar-refractivity contribution in [3.63, 3.8) is 0 Å². The number of nitrogens with zero attached hydrogens (tertiary/aromatic N) is 2. The second kappa shape index (κ2) is 3.86. The van der Waals surface area contributed by atoms with Crippen LogP contribution in [0, 0.1) is 10.1 Å². The van der Waals surface area contributed by atoms with Crippen molar-refractivity contribution >= 4 is 11.4 Å². The van der Waals surface area contributed by atoms with Gasteiger partial charge in [0.15, 0.2) is 0 Å². The van der Waals surface area contributed by atoms with Gasteiger partial charge >= 0.3 is 0 Å². The molecular formula is C10H13N3O2. The molecule has 5 nitrogen and oxygen atoms in total. The molecule has 1 aliphatic heterocycles. The highest BCUT2D eigenvalue weighted by Gasteiger charge is 2.18. The van der Waals surface area contributed by atoms with Gasteiger partial charge in [0.05, 0.1) is 10.6 Å². The second-order valence-electron chi connectivity index (χ2n) is 3.74. The van der Waals surface area contributed by atoms with Crippen LogP contribution in [0.1, 0.15) is 13.3 Å². The van der Waals surface area contributed by atoms with Crippen LogP contribution in [0.5, 0.6) is 0 Å². The van der Waals surface area contributed by atoms with Gasteiger partial charge < -0.3 is 5.01 Å². The summed E-state index contributed by atoms with van der Waals surface area (Å²) in [6, 6.07) is 7.06. The van der Waals surface area contributed by atoms with E-state index < -0.39 is 0 Å². The maximum absolute atomic E-state index is 10.5. The molecule has 0 aromatic heterocycles. The zero-order valence-electron chi connectivity index (χ0n) is 8.51. The van der Waals surface area contributed by atoms with Gasteiger partial charge in [-0.05, 0) is 25.5 Å². The summed E-state index contributed by atoms with van der Waals surface area (Å²) in [5.74, 6) is 0. The quantitative estimate of drug-likeness (QED) is 0.592. The lowest BCUT2D eigenvalue weighted by Gasteiger charge is -2.18. The Bertz CT molecular complexity index is 363. The van der Waals surface area contributed by atoms with Gasteiger partial charge in [-0.3, -0.25) is 10.1 Å². The molecule has 1 unspecified atom stereocenters. The third-order valence-corrected chi connectivity index (χ3v) is 2.53. The molecule has 1 heterocycles. The topological polar surface area (TPSA) is 58.4 Å². The molecule has 0 saturated carbocycles. The number of nitrogens with one attached hydrogen (secondary N) is 1. The molecule has 1 aliphatic rings. The van der Waals surface area contributed by atoms with Crippen molar-refractivity contribution < 1.29 is 4.92 Å². The number of hydrogen-bond donors (Lipinski definition) is 1. The van der Waals surface area contributed by atoms with Crippen LogP contribution in [0.4, 0.5) is 11.4 Å². The number of nitro groups is 1. The van der Waals surface area contributed by atoms with E-state index in [2.05, 4.69) is 12.3 Å². The molecule has 0 aliphatic carbocycles. The number of anilines is 1. The summed E-state index contributed by atoms with van der Waals surface area (Å²) in [7, 11) is 0. The van der Waals surface area contributed by atoms with Crippen LogP contribution < -0.4 is 10.4 Å². The van der Waals surface area contributed by atoms with Crippen LogP contribution in [0.3, 0.4) is 0 Å². The number of benzene rings is 1. The van der Waals surface area contributed by atoms with Gasteiger partial charge in [-0.25, -0.2) is 5.43 Å². The minimum Gasteiger partial charge on any atom is -0.308 e. The van der Waals surface area contributed by atoms with Crippen LogP contribution in [0.2, 0.25) is 0 Å². The van der Waals surface area contributed by atoms with Crippen LogP contribution in [-0.2, 0) is 0 Å². The Balaban J connectivity index is 2.13. The highest BCUT2D eigenvalue weighted by molar-refractivity contribution is 5.50. The third kappa shape index (κ3) is 2.07. The number of hydrazine groups is 1. The summed E-state index contributed by atoms with van der Waals surface area (Å²) in [6.45, 7) is 3.06. The van der Waals surface area contributed by atoms with Crippen molar-refractivity contribution in [2.24, 2.45) is 0 Å². The molecule has 1 fully saturated rings. The van der Waals surface area contributed by atoms with Gasteiger partial charge in [-0.15, -0.1) is 0 Å². The molecule has 0 radical (unpaired) electrons. The maximum Gasteiger partial charge on any atom is 0.269 e. The van der Waals surface area contributed by atoms with Gasteiger partial charge in [-0.1, -0.05) is 0 Å². The Morgan fingerprint density at radius 3 is 2.60 bits per heavy atom. The van der Waals surface area contributed by atoms with E-state index >= 15 is 0 Å². The van der Waals surface area contributed by atoms with Gasteiger partial charge in [0.25, 0.3) is 5.69 Å². The number of rotatable bonds is 2. The van der Waals surface area contributed by atoms with E-state index in [-0.39, 0.29) is 10.6 Å². The normalized spacial score (nSPS) is 20.6. The summed E-state index contributed by atoms with van der Waals surface area (Å²) in [5.41, 5.74) is 4.39. The van der Waals surface area contributed by atoms with E-state index in [1.165, 1.54) is 12.1 Å². The number of hydrogen-bond acceptors (Lipinski definition) is 4. The highest BCUT2D eigenvalue weighted by Crippen LogP contribution is 2.20. The van der Waals surface area contributed by atoms with Crippen molar-refractivity contribution in [2.75, 3.05) is 11.6 Å². The standard InChI is InChI=1S/C10H13N3O2/c1-8-6-7-12(11-8)9-2-4-10(5-3-9)13(14)15/h2-5,8,11H,6-7H2,1H3. The van der Waals surface area contributed by atoms with Gasteiger partial charge in [0.1, 0.15) is 0 Å². The van der Waals surface area contributed by atoms with Crippen LogP contribution in [0.15, 0.2) is 24.3 Å². The predicted molar refractivity (Wildman–Crippen MR) is 57.7 cm³/mol. The van der Waals surface area contributed by atoms with Gasteiger partial charge in [0, 0.05) is 24.7 Å². The van der Waals surface area contributed by atoms with E-state index in [0.29, 0.717) is 6.04 Å². The van der Waals surface area contributed by atoms with Crippen molar-refractivity contribution in [3.8, 4) is 0 Å². The van der Waals surface area contributed by atoms with E-state index in [1.807, 2.05) is 5.01 Å². The molecule has 1 aromatic rings. The van der Waals surface area contributed by atoms with Crippen molar-refractivity contribution in [1.82, 2.24) is 5.43 Å². The lowest BCUT2D eigenvalue weighted by Crippen LogP contribution is -2.33. The summed E-state index contributed by atoms with van der Waals surface area (Å²) < 4.78 is 0. The first-order valence-electron chi connectivity index (χ1n) is 4.95. The van der Waals surface area contributed by atoms with E-state index in [0.717, 1.165) is 18.7 Å². The lowest BCUT2D eigenvalue weighted by molar-refractivity contribution is -0.384. The Morgan fingerprint density at radius 2 is 2.13 bits per heavy atom. The fourth-order valence-electron chi connectivity index (χ4n) is 1.68. The monoisotopic (exact) mass is 207 g/mol. The zero-order valence-corrected chi connectivity index (χ0v) is 8.51. The number of non-ortho nitro benzene ring substituents is 1. The molecule has 2 rings (SSSR count). The number of nitro benzene ring substituents is 1. The Labute approximate surface area is 87.8 Å². The molecular weight excluding hydrogens is 194 g/mol. The average Bonchev–Trinajstić information content (AvgIpc) is 2.65. The largest absolute Gasteiger partial charge is 0.308 e. The van der Waals surface area contributed by atoms with E-state index in [9.17, 15) is 10.1 Å². The van der Waals surface area contributed by atoms with Crippen molar-refractivity contribution in [3.05, 3.63) is 34.4 Å². The Kier molecular flexibility index (Phi) is 2.55. The van der Waals surface area contributed by atoms with Crippen molar-refractivity contribution in [2.45, 2.75) is 19.4 Å². The molecule has 1 aromatic carbocycles. The summed E-state index contributed by atoms with van der Waals surface area (Å²) in [4.78, 5) is 10.1. The molecule has 1 saturated heterocycles. The van der Waals surface area contributed by atoms with Gasteiger partial charge in [0.2, 0.25) is 0 Å². The minimum absolute atomic E-state index is 0.131. The van der Waals surface area contributed by atoms with Crippen LogP contribution in [0.25, 0.3) is 0 Å². The van der Waals surface area contributed by atoms with E-state index in [1.54, 1.807) is 12.1 Å². The molecule has 15 heavy (non-hydrogen) atoms. The highest BCUT2D eigenvalue weighted by atomic mass is 16.6. The minimum atomic E-state index is -0.385. The van der Waals surface area contributed by atoms with Crippen molar-refractivity contribution in [1.29, 1.82) is 0 Å². The van der Waals surface area contributed by atoms with Gasteiger partial charge in [-0.2, -0.15) is 0 Å². The fraction of sp³-hybridized carbons (Fsp3) is 0.400. The first-order valence-corrected chi connectivity index (χ1v) is 4.95. The summed E-state index contributed by atoms with van der Waals surface area (Å²) in [5, 5.41) is 12.5. The first kappa shape index (κ1) is 9.92. The lowest BCUT2D eigenvalue weighted by atomic mass is 10.2. The summed E-state index contributed by atoms with van der Waals surface area (Å²) in [6.07, 6.45) is 1.09. The molecule has 0 spiro atoms. The van der Waals surface area contributed by atoms with Crippen LogP contribution in [-0.4, -0.2) is 17.5 Å². The summed E-state index contributed by atoms with van der Waals surface area (Å²) >= 11 is 0. The molecule has 5 heteroatoms. The SMILES string of the molecule is CC1CCN(c2ccc([N+](=O)[O-])cc2)N1. The molecule has 0 bridgehead atoms. The second-order valence-corrected chi connectivity index (χ2v) is 3.74. The zero-order chi connectivity index (χ0) is 10.8. The molecule has 80 valence electrons. The fourth-order valence-corrected chi connectivity index (χ4v) is 1.68. The van der Waals surface area contributed by atoms with Crippen LogP contribution >= 0.6 is 0 Å². The first-order chi connectivity index (χ1) is 7.16.